The van der Waals surface area contributed by atoms with E-state index in [1.54, 1.807) is 20.4 Å². The molecule has 40 heavy (non-hydrogen) atoms. The number of aliphatic hydroxyl groups excluding tert-OH is 1. The average molecular weight is 540 g/mol. The molecule has 0 bridgehead atoms. The van der Waals surface area contributed by atoms with Crippen molar-refractivity contribution in [3.8, 4) is 23.3 Å². The molecule has 1 aliphatic rings. The maximum Gasteiger partial charge on any atom is 0.161 e. The molecule has 1 aliphatic heterocycles. The van der Waals surface area contributed by atoms with Gasteiger partial charge in [-0.05, 0) is 53.4 Å². The Kier molecular flexibility index (Phi) is 8.59. The number of methoxy groups -OCH3 is 2. The van der Waals surface area contributed by atoms with Crippen molar-refractivity contribution in [2.24, 2.45) is 0 Å². The van der Waals surface area contributed by atoms with E-state index in [0.29, 0.717) is 47.7 Å². The van der Waals surface area contributed by atoms with Crippen molar-refractivity contribution in [2.45, 2.75) is 13.0 Å². The number of anilines is 1. The summed E-state index contributed by atoms with van der Waals surface area (Å²) in [6.45, 7) is 4.55. The highest BCUT2D eigenvalue weighted by atomic mass is 16.5. The summed E-state index contributed by atoms with van der Waals surface area (Å²) in [5.41, 5.74) is 4.74. The van der Waals surface area contributed by atoms with Crippen molar-refractivity contribution >= 4 is 16.9 Å². The van der Waals surface area contributed by atoms with E-state index in [9.17, 15) is 10.4 Å². The van der Waals surface area contributed by atoms with Crippen LogP contribution < -0.4 is 19.1 Å². The molecule has 0 aliphatic carbocycles. The first-order chi connectivity index (χ1) is 19.6. The molecule has 0 amide bonds. The monoisotopic (exact) mass is 539 g/mol. The van der Waals surface area contributed by atoms with E-state index < -0.39 is 0 Å². The zero-order chi connectivity index (χ0) is 27.9. The third-order valence-corrected chi connectivity index (χ3v) is 7.19. The molecule has 9 nitrogen and oxygen atoms in total. The minimum atomic E-state index is 0.162. The number of aromatic nitrogens is 2. The number of fused-ring (bicyclic) bond motifs is 1. The minimum absolute atomic E-state index is 0.162. The fourth-order valence-electron chi connectivity index (χ4n) is 4.92. The van der Waals surface area contributed by atoms with E-state index in [4.69, 9.17) is 19.2 Å². The lowest BCUT2D eigenvalue weighted by atomic mass is 9.98. The third kappa shape index (κ3) is 6.09. The van der Waals surface area contributed by atoms with Crippen LogP contribution in [-0.4, -0.2) is 73.5 Å². The quantitative estimate of drug-likeness (QED) is 0.322. The highest BCUT2D eigenvalue weighted by Gasteiger charge is 2.19. The number of β-amino-alcohol motifs (C(OH)–C–C–N with tert-alkyl or cyclic N) is 1. The van der Waals surface area contributed by atoms with Gasteiger partial charge < -0.3 is 24.2 Å². The van der Waals surface area contributed by atoms with Crippen LogP contribution in [0.5, 0.6) is 17.2 Å². The second-order valence-electron chi connectivity index (χ2n) is 9.66. The molecular weight excluding hydrogens is 506 g/mol. The number of ether oxygens (including phenoxy) is 3. The minimum Gasteiger partial charge on any atom is -0.497 e. The molecule has 4 aromatic rings. The molecule has 2 heterocycles. The lowest BCUT2D eigenvalue weighted by Gasteiger charge is -2.34. The van der Waals surface area contributed by atoms with Gasteiger partial charge in [-0.25, -0.2) is 4.98 Å². The van der Waals surface area contributed by atoms with Crippen molar-refractivity contribution in [2.75, 3.05) is 58.5 Å². The van der Waals surface area contributed by atoms with Crippen LogP contribution in [0.1, 0.15) is 22.3 Å². The summed E-state index contributed by atoms with van der Waals surface area (Å²) in [4.78, 5) is 13.9. The predicted molar refractivity (Wildman–Crippen MR) is 153 cm³/mol. The molecule has 1 fully saturated rings. The van der Waals surface area contributed by atoms with Crippen LogP contribution in [0.2, 0.25) is 0 Å². The number of nitriles is 1. The van der Waals surface area contributed by atoms with Gasteiger partial charge in [-0.3, -0.25) is 9.88 Å². The highest BCUT2D eigenvalue weighted by molar-refractivity contribution is 5.83. The molecule has 0 atom stereocenters. The van der Waals surface area contributed by atoms with Gasteiger partial charge in [-0.2, -0.15) is 5.26 Å². The summed E-state index contributed by atoms with van der Waals surface area (Å²) in [5, 5.41) is 19.3. The molecule has 1 aromatic heterocycles. The third-order valence-electron chi connectivity index (χ3n) is 7.19. The summed E-state index contributed by atoms with van der Waals surface area (Å²) in [5.74, 6) is 2.85. The first-order valence-electron chi connectivity index (χ1n) is 13.3. The van der Waals surface area contributed by atoms with Gasteiger partial charge in [0.1, 0.15) is 29.8 Å². The average Bonchev–Trinajstić information content (AvgIpc) is 3.00. The van der Waals surface area contributed by atoms with E-state index >= 15 is 0 Å². The van der Waals surface area contributed by atoms with Gasteiger partial charge in [0.25, 0.3) is 0 Å². The molecule has 1 N–H and O–H groups in total. The van der Waals surface area contributed by atoms with Crippen LogP contribution in [0.4, 0.5) is 5.82 Å². The van der Waals surface area contributed by atoms with Gasteiger partial charge in [0.15, 0.2) is 11.5 Å². The fraction of sp³-hybridized carbons (Fsp3) is 0.323. The van der Waals surface area contributed by atoms with Crippen LogP contribution in [0.3, 0.4) is 0 Å². The standard InChI is InChI=1S/C31H33N5O4/c1-38-25-7-3-22(4-8-25)21-40-28-10-5-23(18-29(28)39-2)17-24-6-9-27-31(26(24)19-32)34-30(20-33-27)36-13-11-35(12-14-36)15-16-37/h3-10,18,20,37H,11-17,21H2,1-2H3. The van der Waals surface area contributed by atoms with Crippen molar-refractivity contribution in [3.05, 3.63) is 83.0 Å². The first-order valence-corrected chi connectivity index (χ1v) is 13.3. The van der Waals surface area contributed by atoms with Crippen molar-refractivity contribution in [1.29, 1.82) is 5.26 Å². The zero-order valence-corrected chi connectivity index (χ0v) is 22.8. The molecule has 3 aromatic carbocycles. The molecule has 5 rings (SSSR count). The Balaban J connectivity index is 1.33. The van der Waals surface area contributed by atoms with E-state index in [0.717, 1.165) is 54.4 Å². The number of benzene rings is 3. The molecule has 0 radical (unpaired) electrons. The Morgan fingerprint density at radius 1 is 0.925 bits per heavy atom. The van der Waals surface area contributed by atoms with Gasteiger partial charge >= 0.3 is 0 Å². The van der Waals surface area contributed by atoms with Gasteiger partial charge in [-0.1, -0.05) is 24.3 Å². The Bertz CT molecular complexity index is 1490. The lowest BCUT2D eigenvalue weighted by Crippen LogP contribution is -2.47. The van der Waals surface area contributed by atoms with Crippen LogP contribution in [0.15, 0.2) is 60.8 Å². The number of hydrogen-bond donors (Lipinski definition) is 1. The predicted octanol–water partition coefficient (Wildman–Crippen LogP) is 3.80. The first kappa shape index (κ1) is 27.2. The second-order valence-corrected chi connectivity index (χ2v) is 9.66. The highest BCUT2D eigenvalue weighted by Crippen LogP contribution is 2.31. The summed E-state index contributed by atoms with van der Waals surface area (Å²) < 4.78 is 16.9. The summed E-state index contributed by atoms with van der Waals surface area (Å²) in [6, 6.07) is 19.8. The molecule has 1 saturated heterocycles. The van der Waals surface area contributed by atoms with Gasteiger partial charge in [0, 0.05) is 32.7 Å². The Hall–Kier alpha value is -4.39. The van der Waals surface area contributed by atoms with Crippen molar-refractivity contribution in [3.63, 3.8) is 0 Å². The largest absolute Gasteiger partial charge is 0.497 e. The Labute approximate surface area is 234 Å². The maximum absolute atomic E-state index is 10.1. The smallest absolute Gasteiger partial charge is 0.161 e. The van der Waals surface area contributed by atoms with Crippen LogP contribution in [-0.2, 0) is 13.0 Å². The van der Waals surface area contributed by atoms with E-state index in [1.165, 1.54) is 0 Å². The normalized spacial score (nSPS) is 13.7. The number of rotatable bonds is 10. The van der Waals surface area contributed by atoms with Crippen LogP contribution >= 0.6 is 0 Å². The van der Waals surface area contributed by atoms with Gasteiger partial charge in [0.05, 0.1) is 38.1 Å². The lowest BCUT2D eigenvalue weighted by molar-refractivity contribution is 0.188. The molecule has 206 valence electrons. The SMILES string of the molecule is COc1ccc(COc2ccc(Cc3ccc4ncc(N5CCN(CCO)CC5)nc4c3C#N)cc2OC)cc1. The molecule has 0 saturated carbocycles. The van der Waals surface area contributed by atoms with Gasteiger partial charge in [-0.15, -0.1) is 0 Å². The van der Waals surface area contributed by atoms with E-state index in [-0.39, 0.29) is 6.61 Å². The van der Waals surface area contributed by atoms with E-state index in [1.807, 2.05) is 54.6 Å². The molecule has 9 heteroatoms. The zero-order valence-electron chi connectivity index (χ0n) is 22.8. The number of hydrogen-bond acceptors (Lipinski definition) is 9. The second kappa shape index (κ2) is 12.6. The van der Waals surface area contributed by atoms with Crippen molar-refractivity contribution in [1.82, 2.24) is 14.9 Å². The number of piperazine rings is 1. The van der Waals surface area contributed by atoms with Crippen molar-refractivity contribution < 1.29 is 19.3 Å². The Morgan fingerprint density at radius 2 is 1.70 bits per heavy atom. The number of nitrogens with zero attached hydrogens (tertiary/aromatic N) is 5. The van der Waals surface area contributed by atoms with Crippen LogP contribution in [0, 0.1) is 11.3 Å². The molecule has 0 spiro atoms. The summed E-state index contributed by atoms with van der Waals surface area (Å²) >= 11 is 0. The summed E-state index contributed by atoms with van der Waals surface area (Å²) in [6.07, 6.45) is 2.32. The van der Waals surface area contributed by atoms with Gasteiger partial charge in [0.2, 0.25) is 0 Å². The fourth-order valence-corrected chi connectivity index (χ4v) is 4.92. The maximum atomic E-state index is 10.1. The van der Waals surface area contributed by atoms with Crippen LogP contribution in [0.25, 0.3) is 11.0 Å². The van der Waals surface area contributed by atoms with E-state index in [2.05, 4.69) is 20.9 Å². The Morgan fingerprint density at radius 3 is 2.40 bits per heavy atom. The molecular formula is C31H33N5O4. The number of aliphatic hydroxyl groups is 1. The summed E-state index contributed by atoms with van der Waals surface area (Å²) in [7, 11) is 3.26. The topological polar surface area (TPSA) is 104 Å². The molecule has 0 unspecified atom stereocenters.